The van der Waals surface area contributed by atoms with E-state index in [0.29, 0.717) is 37.3 Å². The molecular formula is C25H32N6O4. The summed E-state index contributed by atoms with van der Waals surface area (Å²) in [5.74, 6) is 1.68. The molecule has 1 unspecified atom stereocenters. The minimum atomic E-state index is -0.390. The molecule has 0 saturated carbocycles. The summed E-state index contributed by atoms with van der Waals surface area (Å²) in [5.41, 5.74) is 0.943. The minimum absolute atomic E-state index is 0.0286. The van der Waals surface area contributed by atoms with Crippen molar-refractivity contribution in [3.63, 3.8) is 0 Å². The molecule has 2 amide bonds. The fourth-order valence-electron chi connectivity index (χ4n) is 4.23. The van der Waals surface area contributed by atoms with E-state index in [9.17, 15) is 9.59 Å². The number of likely N-dealkylation sites (tertiary alicyclic amines) is 1. The number of pyridine rings is 1. The maximum Gasteiger partial charge on any atom is 0.415 e. The highest BCUT2D eigenvalue weighted by Gasteiger charge is 2.37. The second-order valence-electron chi connectivity index (χ2n) is 9.14. The van der Waals surface area contributed by atoms with Gasteiger partial charge in [0.25, 0.3) is 0 Å². The first kappa shape index (κ1) is 24.4. The third-order valence-corrected chi connectivity index (χ3v) is 6.38. The molecule has 2 saturated heterocycles. The van der Waals surface area contributed by atoms with Gasteiger partial charge < -0.3 is 19.7 Å². The van der Waals surface area contributed by atoms with E-state index in [1.165, 1.54) is 6.08 Å². The fourth-order valence-corrected chi connectivity index (χ4v) is 4.23. The predicted molar refractivity (Wildman–Crippen MR) is 131 cm³/mol. The lowest BCUT2D eigenvalue weighted by atomic mass is 10.0. The zero-order valence-electron chi connectivity index (χ0n) is 20.4. The molecule has 2 aliphatic heterocycles. The number of hydrogen-bond acceptors (Lipinski definition) is 8. The van der Waals surface area contributed by atoms with E-state index in [-0.39, 0.29) is 36.1 Å². The Labute approximate surface area is 205 Å². The van der Waals surface area contributed by atoms with Crippen LogP contribution < -0.4 is 15.0 Å². The maximum atomic E-state index is 12.3. The Morgan fingerprint density at radius 3 is 2.66 bits per heavy atom. The Bertz CT molecular complexity index is 1050. The summed E-state index contributed by atoms with van der Waals surface area (Å²) in [5, 5.41) is 3.28. The number of anilines is 2. The molecule has 2 aromatic rings. The molecule has 10 heteroatoms. The number of hydrogen-bond donors (Lipinski definition) is 1. The van der Waals surface area contributed by atoms with Crippen LogP contribution in [-0.4, -0.2) is 63.7 Å². The predicted octanol–water partition coefficient (Wildman–Crippen LogP) is 3.58. The van der Waals surface area contributed by atoms with Gasteiger partial charge in [0.05, 0.1) is 12.1 Å². The van der Waals surface area contributed by atoms with Crippen LogP contribution in [0.1, 0.15) is 45.2 Å². The smallest absolute Gasteiger partial charge is 0.415 e. The molecule has 1 N–H and O–H groups in total. The lowest BCUT2D eigenvalue weighted by Crippen LogP contribution is -2.41. The second kappa shape index (κ2) is 10.7. The molecule has 2 aromatic heterocycles. The van der Waals surface area contributed by atoms with Crippen LogP contribution in [0.2, 0.25) is 0 Å². The number of piperidine rings is 1. The van der Waals surface area contributed by atoms with Crippen LogP contribution in [0.25, 0.3) is 0 Å². The van der Waals surface area contributed by atoms with Gasteiger partial charge in [-0.05, 0) is 30.5 Å². The van der Waals surface area contributed by atoms with Crippen LogP contribution in [0.15, 0.2) is 43.2 Å². The van der Waals surface area contributed by atoms with Gasteiger partial charge in [0.1, 0.15) is 18.5 Å². The van der Waals surface area contributed by atoms with E-state index in [2.05, 4.69) is 40.7 Å². The van der Waals surface area contributed by atoms with Crippen LogP contribution in [0.4, 0.5) is 16.6 Å². The fraction of sp³-hybridized carbons (Fsp3) is 0.480. The van der Waals surface area contributed by atoms with Crippen LogP contribution in [0, 0.1) is 5.92 Å². The molecule has 2 atom stereocenters. The van der Waals surface area contributed by atoms with Gasteiger partial charge in [0.2, 0.25) is 17.7 Å². The molecule has 35 heavy (non-hydrogen) atoms. The molecule has 0 bridgehead atoms. The van der Waals surface area contributed by atoms with Gasteiger partial charge in [0, 0.05) is 44.4 Å². The summed E-state index contributed by atoms with van der Waals surface area (Å²) in [4.78, 5) is 40.7. The largest absolute Gasteiger partial charge is 0.474 e. The number of ether oxygens (including phenoxy) is 2. The van der Waals surface area contributed by atoms with Crippen molar-refractivity contribution >= 4 is 23.8 Å². The molecule has 4 rings (SSSR count). The molecule has 4 heterocycles. The Kier molecular flexibility index (Phi) is 7.48. The number of carbonyl (C=O) groups is 2. The van der Waals surface area contributed by atoms with E-state index in [1.54, 1.807) is 28.3 Å². The molecule has 0 radical (unpaired) electrons. The third kappa shape index (κ3) is 5.70. The van der Waals surface area contributed by atoms with Gasteiger partial charge in [-0.25, -0.2) is 14.8 Å². The number of nitrogens with one attached hydrogen (secondary N) is 1. The van der Waals surface area contributed by atoms with E-state index >= 15 is 0 Å². The number of amides is 2. The Morgan fingerprint density at radius 1 is 1.23 bits per heavy atom. The minimum Gasteiger partial charge on any atom is -0.474 e. The number of carbonyl (C=O) groups excluding carboxylic acids is 2. The SMILES string of the molecule is C=CC(=O)N1CCC(Oc2ccc(C(C)Nc3nccc(N4C(=O)OC[C@@H]4C(C)C)n3)cn2)CC1. The number of aromatic nitrogens is 3. The molecular weight excluding hydrogens is 448 g/mol. The van der Waals surface area contributed by atoms with Gasteiger partial charge in [-0.2, -0.15) is 4.98 Å². The molecule has 10 nitrogen and oxygen atoms in total. The van der Waals surface area contributed by atoms with Crippen molar-refractivity contribution in [3.05, 3.63) is 48.8 Å². The van der Waals surface area contributed by atoms with Gasteiger partial charge in [-0.1, -0.05) is 26.5 Å². The molecule has 2 fully saturated rings. The first-order valence-electron chi connectivity index (χ1n) is 11.9. The summed E-state index contributed by atoms with van der Waals surface area (Å²) in [6, 6.07) is 5.33. The highest BCUT2D eigenvalue weighted by molar-refractivity contribution is 5.89. The molecule has 0 aromatic carbocycles. The van der Waals surface area contributed by atoms with Crippen LogP contribution >= 0.6 is 0 Å². The van der Waals surface area contributed by atoms with Crippen molar-refractivity contribution in [3.8, 4) is 5.88 Å². The van der Waals surface area contributed by atoms with Crippen LogP contribution in [-0.2, 0) is 9.53 Å². The Balaban J connectivity index is 1.35. The van der Waals surface area contributed by atoms with Crippen molar-refractivity contribution < 1.29 is 19.1 Å². The highest BCUT2D eigenvalue weighted by atomic mass is 16.6. The lowest BCUT2D eigenvalue weighted by molar-refractivity contribution is -0.127. The Morgan fingerprint density at radius 2 is 2.00 bits per heavy atom. The standard InChI is InChI=1S/C25H32N6O4/c1-5-23(32)30-12-9-19(10-13-30)35-22-7-6-18(14-27-22)17(4)28-24-26-11-8-21(29-24)31-20(16(2)3)15-34-25(31)33/h5-8,11,14,16-17,19-20H,1,9-10,12-13,15H2,2-4H3,(H,26,28,29)/t17?,20-/m1/s1. The third-order valence-electron chi connectivity index (χ3n) is 6.38. The van der Waals surface area contributed by atoms with Crippen LogP contribution in [0.3, 0.4) is 0 Å². The average Bonchev–Trinajstić information content (AvgIpc) is 3.26. The van der Waals surface area contributed by atoms with Gasteiger partial charge >= 0.3 is 6.09 Å². The lowest BCUT2D eigenvalue weighted by Gasteiger charge is -2.31. The van der Waals surface area contributed by atoms with E-state index in [1.807, 2.05) is 19.1 Å². The molecule has 0 spiro atoms. The number of rotatable bonds is 8. The summed E-state index contributed by atoms with van der Waals surface area (Å²) in [6.45, 7) is 11.3. The van der Waals surface area contributed by atoms with Gasteiger partial charge in [0.15, 0.2) is 0 Å². The molecule has 186 valence electrons. The van der Waals surface area contributed by atoms with E-state index < -0.39 is 0 Å². The highest BCUT2D eigenvalue weighted by Crippen LogP contribution is 2.27. The first-order chi connectivity index (χ1) is 16.9. The zero-order chi connectivity index (χ0) is 24.9. The Hall–Kier alpha value is -3.69. The van der Waals surface area contributed by atoms with Crippen molar-refractivity contribution in [2.45, 2.75) is 51.8 Å². The van der Waals surface area contributed by atoms with E-state index in [0.717, 1.165) is 18.4 Å². The van der Waals surface area contributed by atoms with Crippen LogP contribution in [0.5, 0.6) is 5.88 Å². The summed E-state index contributed by atoms with van der Waals surface area (Å²) in [6.07, 6.45) is 5.90. The van der Waals surface area contributed by atoms with Crippen molar-refractivity contribution in [2.24, 2.45) is 5.92 Å². The number of nitrogens with zero attached hydrogens (tertiary/aromatic N) is 5. The maximum absolute atomic E-state index is 12.3. The summed E-state index contributed by atoms with van der Waals surface area (Å²) in [7, 11) is 0. The van der Waals surface area contributed by atoms with Gasteiger partial charge in [-0.15, -0.1) is 0 Å². The average molecular weight is 481 g/mol. The summed E-state index contributed by atoms with van der Waals surface area (Å²) >= 11 is 0. The van der Waals surface area contributed by atoms with E-state index in [4.69, 9.17) is 9.47 Å². The molecule has 0 aliphatic carbocycles. The van der Waals surface area contributed by atoms with Gasteiger partial charge in [-0.3, -0.25) is 9.69 Å². The quantitative estimate of drug-likeness (QED) is 0.571. The van der Waals surface area contributed by atoms with Crippen molar-refractivity contribution in [1.82, 2.24) is 19.9 Å². The van der Waals surface area contributed by atoms with Crippen molar-refractivity contribution in [2.75, 3.05) is 29.9 Å². The normalized spacial score (nSPS) is 19.4. The summed E-state index contributed by atoms with van der Waals surface area (Å²) < 4.78 is 11.2. The first-order valence-corrected chi connectivity index (χ1v) is 11.9. The monoisotopic (exact) mass is 480 g/mol. The zero-order valence-corrected chi connectivity index (χ0v) is 20.4. The molecule has 2 aliphatic rings. The topological polar surface area (TPSA) is 110 Å². The van der Waals surface area contributed by atoms with Crippen molar-refractivity contribution in [1.29, 1.82) is 0 Å². The second-order valence-corrected chi connectivity index (χ2v) is 9.14. The number of cyclic esters (lactones) is 1.